The summed E-state index contributed by atoms with van der Waals surface area (Å²) in [7, 11) is -5.07. The Morgan fingerprint density at radius 3 is 1.63 bits per heavy atom. The SMILES string of the molecule is CCCC/C=C\CCCCCCC(=O)NC(COC1OC(CO)C(O)C(OS(=O)(=O)O)C1O)C(O)CCCCCCCCCCCCCCCCCCCCCC. The third kappa shape index (κ3) is 28.9. The fourth-order valence-electron chi connectivity index (χ4n) is 7.44. The Kier molecular flexibility index (Phi) is 33.6. The largest absolute Gasteiger partial charge is 0.397 e. The first kappa shape index (κ1) is 53.9. The molecule has 7 atom stereocenters. The smallest absolute Gasteiger partial charge is 0.394 e. The van der Waals surface area contributed by atoms with Gasteiger partial charge < -0.3 is 35.2 Å². The maximum atomic E-state index is 13.0. The molecular weight excluding hydrogens is 751 g/mol. The Labute approximate surface area is 347 Å². The Balaban J connectivity index is 2.44. The monoisotopic (exact) mass is 836 g/mol. The normalized spacial score (nSPS) is 21.3. The molecule has 0 aliphatic carbocycles. The van der Waals surface area contributed by atoms with Crippen LogP contribution in [0, 0.1) is 0 Å². The van der Waals surface area contributed by atoms with Gasteiger partial charge in [-0.25, -0.2) is 4.18 Å². The quantitative estimate of drug-likeness (QED) is 0.0197. The molecule has 1 aliphatic heterocycles. The number of ether oxygens (including phenoxy) is 2. The van der Waals surface area contributed by atoms with Crippen LogP contribution in [0.3, 0.4) is 0 Å². The van der Waals surface area contributed by atoms with Crippen LogP contribution in [-0.4, -0.2) is 95.4 Å². The molecule has 0 bridgehead atoms. The van der Waals surface area contributed by atoms with E-state index < -0.39 is 59.9 Å². The van der Waals surface area contributed by atoms with Gasteiger partial charge in [-0.1, -0.05) is 180 Å². The lowest BCUT2D eigenvalue weighted by Crippen LogP contribution is -2.61. The second kappa shape index (κ2) is 35.6. The van der Waals surface area contributed by atoms with Gasteiger partial charge in [-0.05, 0) is 32.1 Å². The van der Waals surface area contributed by atoms with Crippen molar-refractivity contribution in [2.24, 2.45) is 0 Å². The molecule has 1 fully saturated rings. The topological polar surface area (TPSA) is 192 Å². The Bertz CT molecular complexity index is 1080. The molecule has 338 valence electrons. The van der Waals surface area contributed by atoms with Crippen molar-refractivity contribution in [3.63, 3.8) is 0 Å². The Hall–Kier alpha value is -1.16. The lowest BCUT2D eigenvalue weighted by Gasteiger charge is -2.41. The lowest BCUT2D eigenvalue weighted by molar-refractivity contribution is -0.298. The number of hydrogen-bond donors (Lipinski definition) is 6. The molecule has 1 rings (SSSR count). The first-order valence-electron chi connectivity index (χ1n) is 23.1. The summed E-state index contributed by atoms with van der Waals surface area (Å²) in [5, 5.41) is 44.8. The number of hydrogen-bond acceptors (Lipinski definition) is 10. The second-order valence-electron chi connectivity index (χ2n) is 16.3. The number of nitrogens with one attached hydrogen (secondary N) is 1. The van der Waals surface area contributed by atoms with Crippen molar-refractivity contribution in [3.05, 3.63) is 12.2 Å². The first-order valence-corrected chi connectivity index (χ1v) is 24.4. The van der Waals surface area contributed by atoms with E-state index in [1.165, 1.54) is 116 Å². The van der Waals surface area contributed by atoms with Crippen molar-refractivity contribution in [1.82, 2.24) is 5.32 Å². The molecule has 13 heteroatoms. The number of aliphatic hydroxyl groups excluding tert-OH is 4. The van der Waals surface area contributed by atoms with Gasteiger partial charge in [0.1, 0.15) is 24.4 Å². The highest BCUT2D eigenvalue weighted by molar-refractivity contribution is 7.80. The summed E-state index contributed by atoms with van der Waals surface area (Å²) in [5.74, 6) is -0.244. The highest BCUT2D eigenvalue weighted by atomic mass is 32.3. The predicted molar refractivity (Wildman–Crippen MR) is 227 cm³/mol. The third-order valence-electron chi connectivity index (χ3n) is 11.1. The van der Waals surface area contributed by atoms with Crippen LogP contribution >= 0.6 is 0 Å². The zero-order valence-corrected chi connectivity index (χ0v) is 36.7. The van der Waals surface area contributed by atoms with Crippen molar-refractivity contribution in [2.45, 2.75) is 249 Å². The van der Waals surface area contributed by atoms with E-state index in [2.05, 4.69) is 35.5 Å². The van der Waals surface area contributed by atoms with Gasteiger partial charge in [0, 0.05) is 6.42 Å². The first-order chi connectivity index (χ1) is 27.5. The standard InChI is InChI=1S/C44H85NO11S/c1-3-5-7-9-11-13-15-16-17-18-19-20-21-22-23-24-25-27-29-31-33-38(47)37(45-40(48)34-32-30-28-26-14-12-10-8-6-4-2)36-54-44-42(50)43(56-57(51,52)53)41(49)39(35-46)55-44/h10,12,37-39,41-44,46-47,49-50H,3-9,11,13-36H2,1-2H3,(H,45,48)(H,51,52,53)/b12-10-. The van der Waals surface area contributed by atoms with Gasteiger partial charge in [0.05, 0.1) is 25.4 Å². The maximum absolute atomic E-state index is 13.0. The highest BCUT2D eigenvalue weighted by Gasteiger charge is 2.48. The molecule has 1 heterocycles. The van der Waals surface area contributed by atoms with Gasteiger partial charge in [0.15, 0.2) is 6.29 Å². The number of amides is 1. The van der Waals surface area contributed by atoms with E-state index in [9.17, 15) is 33.6 Å². The molecule has 7 unspecified atom stereocenters. The Morgan fingerprint density at radius 1 is 0.684 bits per heavy atom. The van der Waals surface area contributed by atoms with E-state index in [1.807, 2.05) is 0 Å². The summed E-state index contributed by atoms with van der Waals surface area (Å²) >= 11 is 0. The van der Waals surface area contributed by atoms with Gasteiger partial charge in [-0.15, -0.1) is 0 Å². The number of allylic oxidation sites excluding steroid dienone is 2. The predicted octanol–water partition coefficient (Wildman–Crippen LogP) is 8.77. The third-order valence-corrected chi connectivity index (χ3v) is 11.5. The van der Waals surface area contributed by atoms with Crippen molar-refractivity contribution < 1.29 is 51.8 Å². The molecule has 0 saturated carbocycles. The number of aliphatic hydroxyl groups is 4. The average Bonchev–Trinajstić information content (AvgIpc) is 3.18. The minimum absolute atomic E-state index is 0.244. The molecule has 57 heavy (non-hydrogen) atoms. The average molecular weight is 836 g/mol. The van der Waals surface area contributed by atoms with Crippen molar-refractivity contribution in [3.8, 4) is 0 Å². The fraction of sp³-hybridized carbons (Fsp3) is 0.932. The summed E-state index contributed by atoms with van der Waals surface area (Å²) in [6, 6.07) is -0.859. The zero-order valence-electron chi connectivity index (χ0n) is 35.9. The van der Waals surface area contributed by atoms with Crippen LogP contribution < -0.4 is 5.32 Å². The molecule has 0 aromatic rings. The molecule has 0 spiro atoms. The van der Waals surface area contributed by atoms with Crippen LogP contribution in [0.4, 0.5) is 0 Å². The van der Waals surface area contributed by atoms with Crippen LogP contribution in [0.1, 0.15) is 206 Å². The van der Waals surface area contributed by atoms with Crippen LogP contribution in [0.15, 0.2) is 12.2 Å². The number of carbonyl (C=O) groups is 1. The van der Waals surface area contributed by atoms with E-state index in [0.717, 1.165) is 57.8 Å². The summed E-state index contributed by atoms with van der Waals surface area (Å²) in [6.45, 7) is 3.39. The van der Waals surface area contributed by atoms with E-state index in [-0.39, 0.29) is 18.9 Å². The van der Waals surface area contributed by atoms with Crippen molar-refractivity contribution in [1.29, 1.82) is 0 Å². The van der Waals surface area contributed by atoms with Crippen molar-refractivity contribution >= 4 is 16.3 Å². The van der Waals surface area contributed by atoms with E-state index in [0.29, 0.717) is 12.8 Å². The maximum Gasteiger partial charge on any atom is 0.397 e. The van der Waals surface area contributed by atoms with Crippen LogP contribution in [-0.2, 0) is 28.9 Å². The molecule has 1 aliphatic rings. The van der Waals surface area contributed by atoms with E-state index in [4.69, 9.17) is 14.0 Å². The molecule has 6 N–H and O–H groups in total. The van der Waals surface area contributed by atoms with Crippen LogP contribution in [0.5, 0.6) is 0 Å². The zero-order chi connectivity index (χ0) is 42.0. The number of carbonyl (C=O) groups excluding carboxylic acids is 1. The number of unbranched alkanes of at least 4 members (excludes halogenated alkanes) is 25. The van der Waals surface area contributed by atoms with Gasteiger partial charge in [0.2, 0.25) is 5.91 Å². The minimum Gasteiger partial charge on any atom is -0.394 e. The van der Waals surface area contributed by atoms with Crippen LogP contribution in [0.2, 0.25) is 0 Å². The molecular formula is C44H85NO11S. The van der Waals surface area contributed by atoms with Gasteiger partial charge in [-0.2, -0.15) is 8.42 Å². The van der Waals surface area contributed by atoms with Crippen LogP contribution in [0.25, 0.3) is 0 Å². The molecule has 12 nitrogen and oxygen atoms in total. The summed E-state index contributed by atoms with van der Waals surface area (Å²) in [5.41, 5.74) is 0. The highest BCUT2D eigenvalue weighted by Crippen LogP contribution is 2.26. The van der Waals surface area contributed by atoms with Crippen molar-refractivity contribution in [2.75, 3.05) is 13.2 Å². The molecule has 1 amide bonds. The Morgan fingerprint density at radius 2 is 1.14 bits per heavy atom. The molecule has 0 aromatic heterocycles. The fourth-order valence-corrected chi connectivity index (χ4v) is 7.95. The number of rotatable bonds is 39. The summed E-state index contributed by atoms with van der Waals surface area (Å²) < 4.78 is 47.6. The molecule has 1 saturated heterocycles. The molecule has 0 radical (unpaired) electrons. The lowest BCUT2D eigenvalue weighted by atomic mass is 9.99. The summed E-state index contributed by atoms with van der Waals surface area (Å²) in [6.07, 6.45) is 29.4. The van der Waals surface area contributed by atoms with E-state index in [1.54, 1.807) is 0 Å². The second-order valence-corrected chi connectivity index (χ2v) is 17.4. The van der Waals surface area contributed by atoms with Gasteiger partial charge in [0.25, 0.3) is 0 Å². The summed E-state index contributed by atoms with van der Waals surface area (Å²) in [4.78, 5) is 13.0. The van der Waals surface area contributed by atoms with E-state index >= 15 is 0 Å². The molecule has 0 aromatic carbocycles. The van der Waals surface area contributed by atoms with Gasteiger partial charge in [-0.3, -0.25) is 9.35 Å². The minimum atomic E-state index is -5.07. The van der Waals surface area contributed by atoms with Gasteiger partial charge >= 0.3 is 10.4 Å².